The van der Waals surface area contributed by atoms with Gasteiger partial charge in [0.25, 0.3) is 11.8 Å². The largest absolute Gasteiger partial charge is 0.455 e. The molecule has 0 radical (unpaired) electrons. The Balaban J connectivity index is 1.32. The average Bonchev–Trinajstić information content (AvgIpc) is 2.59. The van der Waals surface area contributed by atoms with E-state index < -0.39 is 11.8 Å². The van der Waals surface area contributed by atoms with Crippen LogP contribution < -0.4 is 5.32 Å². The van der Waals surface area contributed by atoms with Gasteiger partial charge in [-0.25, -0.2) is 0 Å². The lowest BCUT2D eigenvalue weighted by Gasteiger charge is -2.55. The van der Waals surface area contributed by atoms with E-state index in [1.807, 2.05) is 0 Å². The van der Waals surface area contributed by atoms with Crippen molar-refractivity contribution in [2.24, 2.45) is 23.2 Å². The van der Waals surface area contributed by atoms with E-state index in [0.29, 0.717) is 23.3 Å². The van der Waals surface area contributed by atoms with E-state index in [9.17, 15) is 14.4 Å². The summed E-state index contributed by atoms with van der Waals surface area (Å²) in [6.45, 7) is -0.390. The molecule has 4 bridgehead atoms. The number of rotatable bonds is 4. The Hall–Kier alpha value is -2.17. The van der Waals surface area contributed by atoms with Crippen LogP contribution in [-0.4, -0.2) is 24.4 Å². The van der Waals surface area contributed by atoms with Crippen molar-refractivity contribution < 1.29 is 19.1 Å². The van der Waals surface area contributed by atoms with Crippen molar-refractivity contribution in [1.82, 2.24) is 5.32 Å². The summed E-state index contributed by atoms with van der Waals surface area (Å²) in [5, 5.41) is 2.27. The first-order valence-electron chi connectivity index (χ1n) is 9.10. The van der Waals surface area contributed by atoms with Crippen LogP contribution in [0, 0.1) is 23.2 Å². The summed E-state index contributed by atoms with van der Waals surface area (Å²) in [6, 6.07) is 8.51. The molecule has 2 amide bonds. The van der Waals surface area contributed by atoms with Gasteiger partial charge in [-0.15, -0.1) is 0 Å². The minimum atomic E-state index is -0.577. The Kier molecular flexibility index (Phi) is 4.10. The fourth-order valence-electron chi connectivity index (χ4n) is 5.47. The third-order valence-corrected chi connectivity index (χ3v) is 6.09. The number of benzene rings is 1. The lowest BCUT2D eigenvalue weighted by Crippen LogP contribution is -2.51. The van der Waals surface area contributed by atoms with E-state index in [-0.39, 0.29) is 18.0 Å². The van der Waals surface area contributed by atoms with Gasteiger partial charge in [0.15, 0.2) is 6.61 Å². The smallest absolute Gasteiger partial charge is 0.312 e. The topological polar surface area (TPSA) is 72.5 Å². The maximum atomic E-state index is 12.7. The van der Waals surface area contributed by atoms with Crippen molar-refractivity contribution in [2.75, 3.05) is 6.61 Å². The van der Waals surface area contributed by atoms with Gasteiger partial charge >= 0.3 is 5.97 Å². The molecule has 0 atom stereocenters. The van der Waals surface area contributed by atoms with Gasteiger partial charge in [-0.1, -0.05) is 18.2 Å². The molecular formula is C20H23NO4. The van der Waals surface area contributed by atoms with Gasteiger partial charge in [-0.05, 0) is 68.4 Å². The van der Waals surface area contributed by atoms with Crippen LogP contribution in [0.4, 0.5) is 0 Å². The van der Waals surface area contributed by atoms with Crippen LogP contribution in [-0.2, 0) is 14.3 Å². The van der Waals surface area contributed by atoms with Crippen molar-refractivity contribution in [3.8, 4) is 0 Å². The second kappa shape index (κ2) is 6.28. The molecule has 5 nitrogen and oxygen atoms in total. The van der Waals surface area contributed by atoms with Crippen molar-refractivity contribution in [1.29, 1.82) is 0 Å². The molecule has 0 unspecified atom stereocenters. The molecule has 1 aromatic carbocycles. The quantitative estimate of drug-likeness (QED) is 0.855. The number of ether oxygens (including phenoxy) is 1. The highest BCUT2D eigenvalue weighted by molar-refractivity contribution is 6.05. The summed E-state index contributed by atoms with van der Waals surface area (Å²) in [4.78, 5) is 36.6. The molecule has 0 saturated heterocycles. The van der Waals surface area contributed by atoms with Crippen molar-refractivity contribution in [3.63, 3.8) is 0 Å². The Labute approximate surface area is 147 Å². The van der Waals surface area contributed by atoms with Crippen molar-refractivity contribution >= 4 is 17.8 Å². The number of nitrogens with one attached hydrogen (secondary N) is 1. The predicted octanol–water partition coefficient (Wildman–Crippen LogP) is 2.70. The molecule has 4 fully saturated rings. The van der Waals surface area contributed by atoms with Crippen LogP contribution in [0.5, 0.6) is 0 Å². The third-order valence-electron chi connectivity index (χ3n) is 6.09. The SMILES string of the molecule is O=C(COC(=O)C12CC3CC(CC(C3)C1)C2)NC(=O)c1ccccc1. The van der Waals surface area contributed by atoms with E-state index in [1.54, 1.807) is 30.3 Å². The molecule has 1 N–H and O–H groups in total. The van der Waals surface area contributed by atoms with E-state index in [2.05, 4.69) is 5.32 Å². The second-order valence-electron chi connectivity index (χ2n) is 8.02. The standard InChI is InChI=1S/C20H23NO4/c22-17(21-18(23)16-4-2-1-3-5-16)12-25-19(24)20-9-13-6-14(10-20)8-15(7-13)11-20/h1-5,13-15H,6-12H2,(H,21,22,23). The number of hydrogen-bond donors (Lipinski definition) is 1. The fraction of sp³-hybridized carbons (Fsp3) is 0.550. The molecule has 4 aliphatic carbocycles. The molecule has 5 heteroatoms. The molecule has 5 rings (SSSR count). The molecule has 4 aliphatic rings. The Morgan fingerprint density at radius 3 is 2.08 bits per heavy atom. The number of carbonyl (C=O) groups excluding carboxylic acids is 3. The maximum Gasteiger partial charge on any atom is 0.312 e. The highest BCUT2D eigenvalue weighted by Crippen LogP contribution is 2.60. The molecule has 4 saturated carbocycles. The summed E-state index contributed by atoms with van der Waals surface area (Å²) in [6.07, 6.45) is 6.46. The van der Waals surface area contributed by atoms with Gasteiger partial charge in [0.1, 0.15) is 0 Å². The maximum absolute atomic E-state index is 12.7. The molecule has 25 heavy (non-hydrogen) atoms. The van der Waals surface area contributed by atoms with Gasteiger partial charge in [0, 0.05) is 5.56 Å². The summed E-state index contributed by atoms with van der Waals surface area (Å²) in [5.74, 6) is 0.643. The van der Waals surface area contributed by atoms with Gasteiger partial charge in [0.05, 0.1) is 5.41 Å². The summed E-state index contributed by atoms with van der Waals surface area (Å²) < 4.78 is 5.32. The average molecular weight is 341 g/mol. The number of imide groups is 1. The van der Waals surface area contributed by atoms with Crippen LogP contribution in [0.1, 0.15) is 48.9 Å². The van der Waals surface area contributed by atoms with Gasteiger partial charge < -0.3 is 4.74 Å². The number of carbonyl (C=O) groups is 3. The molecule has 0 spiro atoms. The van der Waals surface area contributed by atoms with E-state index in [4.69, 9.17) is 4.74 Å². The highest BCUT2D eigenvalue weighted by Gasteiger charge is 2.55. The lowest BCUT2D eigenvalue weighted by atomic mass is 9.49. The number of hydrogen-bond acceptors (Lipinski definition) is 4. The molecule has 0 heterocycles. The number of amides is 2. The van der Waals surface area contributed by atoms with Crippen LogP contribution in [0.3, 0.4) is 0 Å². The zero-order valence-corrected chi connectivity index (χ0v) is 14.2. The monoisotopic (exact) mass is 341 g/mol. The molecule has 1 aromatic rings. The molecule has 0 aromatic heterocycles. The Bertz CT molecular complexity index is 662. The van der Waals surface area contributed by atoms with Gasteiger partial charge in [-0.3, -0.25) is 19.7 Å². The first kappa shape index (κ1) is 16.3. The lowest BCUT2D eigenvalue weighted by molar-refractivity contribution is -0.173. The second-order valence-corrected chi connectivity index (χ2v) is 8.02. The summed E-state index contributed by atoms with van der Waals surface area (Å²) in [7, 11) is 0. The summed E-state index contributed by atoms with van der Waals surface area (Å²) >= 11 is 0. The third kappa shape index (κ3) is 3.20. The van der Waals surface area contributed by atoms with Crippen LogP contribution in [0.15, 0.2) is 30.3 Å². The first-order chi connectivity index (χ1) is 12.0. The van der Waals surface area contributed by atoms with E-state index in [0.717, 1.165) is 19.3 Å². The minimum absolute atomic E-state index is 0.242. The first-order valence-corrected chi connectivity index (χ1v) is 9.10. The van der Waals surface area contributed by atoms with Crippen LogP contribution in [0.25, 0.3) is 0 Å². The normalized spacial score (nSPS) is 32.2. The Morgan fingerprint density at radius 1 is 0.960 bits per heavy atom. The predicted molar refractivity (Wildman–Crippen MR) is 90.5 cm³/mol. The minimum Gasteiger partial charge on any atom is -0.455 e. The number of esters is 1. The van der Waals surface area contributed by atoms with Crippen LogP contribution >= 0.6 is 0 Å². The molecule has 0 aliphatic heterocycles. The molecule has 132 valence electrons. The van der Waals surface area contributed by atoms with Gasteiger partial charge in [-0.2, -0.15) is 0 Å². The zero-order valence-electron chi connectivity index (χ0n) is 14.2. The summed E-state index contributed by atoms with van der Waals surface area (Å²) in [5.41, 5.74) is 0.0293. The van der Waals surface area contributed by atoms with E-state index in [1.165, 1.54) is 19.3 Å². The molecular weight excluding hydrogens is 318 g/mol. The van der Waals surface area contributed by atoms with Crippen molar-refractivity contribution in [2.45, 2.75) is 38.5 Å². The van der Waals surface area contributed by atoms with Gasteiger partial charge in [0.2, 0.25) is 0 Å². The zero-order chi connectivity index (χ0) is 17.4. The highest BCUT2D eigenvalue weighted by atomic mass is 16.5. The van der Waals surface area contributed by atoms with Crippen molar-refractivity contribution in [3.05, 3.63) is 35.9 Å². The Morgan fingerprint density at radius 2 is 1.52 bits per heavy atom. The van der Waals surface area contributed by atoms with E-state index >= 15 is 0 Å². The fourth-order valence-corrected chi connectivity index (χ4v) is 5.47. The van der Waals surface area contributed by atoms with Crippen LogP contribution in [0.2, 0.25) is 0 Å².